The van der Waals surface area contributed by atoms with E-state index in [1.54, 1.807) is 0 Å². The minimum absolute atomic E-state index is 0.556. The Hall–Kier alpha value is -2.10. The third-order valence-electron chi connectivity index (χ3n) is 3.61. The second-order valence-electron chi connectivity index (χ2n) is 5.06. The third-order valence-corrected chi connectivity index (χ3v) is 3.61. The number of aromatic nitrogens is 3. The van der Waals surface area contributed by atoms with E-state index < -0.39 is 0 Å². The first kappa shape index (κ1) is 10.8. The van der Waals surface area contributed by atoms with Crippen LogP contribution in [-0.2, 0) is 13.0 Å². The summed E-state index contributed by atoms with van der Waals surface area (Å²) in [6.45, 7) is 0.861. The lowest BCUT2D eigenvalue weighted by molar-refractivity contribution is 0.367. The maximum absolute atomic E-state index is 5.30. The van der Waals surface area contributed by atoms with Gasteiger partial charge < -0.3 is 9.09 Å². The fourth-order valence-corrected chi connectivity index (χ4v) is 2.37. The molecule has 1 fully saturated rings. The molecule has 0 atom stereocenters. The molecule has 4 nitrogen and oxygen atoms in total. The molecule has 1 radical (unpaired) electrons. The van der Waals surface area contributed by atoms with Crippen LogP contribution in [0.25, 0.3) is 10.9 Å². The van der Waals surface area contributed by atoms with Crippen molar-refractivity contribution < 1.29 is 4.52 Å². The van der Waals surface area contributed by atoms with E-state index >= 15 is 0 Å². The SMILES string of the molecule is [c]1ccc2c(c1)ccn2CCc1nc(C2CC2)no1. The van der Waals surface area contributed by atoms with Crippen molar-refractivity contribution >= 4 is 10.9 Å². The quantitative estimate of drug-likeness (QED) is 0.717. The molecule has 2 aromatic heterocycles. The summed E-state index contributed by atoms with van der Waals surface area (Å²) in [7, 11) is 0. The summed E-state index contributed by atoms with van der Waals surface area (Å²) >= 11 is 0. The molecule has 4 heteroatoms. The zero-order chi connectivity index (χ0) is 12.7. The normalized spacial score (nSPS) is 15.2. The minimum atomic E-state index is 0.556. The van der Waals surface area contributed by atoms with E-state index in [1.807, 2.05) is 12.1 Å². The van der Waals surface area contributed by atoms with Crippen molar-refractivity contribution in [1.29, 1.82) is 0 Å². The molecule has 0 unspecified atom stereocenters. The average molecular weight is 252 g/mol. The Balaban J connectivity index is 1.51. The van der Waals surface area contributed by atoms with E-state index in [1.165, 1.54) is 23.7 Å². The maximum Gasteiger partial charge on any atom is 0.228 e. The predicted molar refractivity (Wildman–Crippen MR) is 70.8 cm³/mol. The van der Waals surface area contributed by atoms with E-state index in [0.717, 1.165) is 24.7 Å². The first-order chi connectivity index (χ1) is 9.40. The van der Waals surface area contributed by atoms with Crippen LogP contribution in [0.15, 0.2) is 35.0 Å². The van der Waals surface area contributed by atoms with Crippen molar-refractivity contribution in [2.45, 2.75) is 31.7 Å². The second kappa shape index (κ2) is 4.23. The van der Waals surface area contributed by atoms with Crippen LogP contribution in [0.1, 0.15) is 30.5 Å². The highest BCUT2D eigenvalue weighted by atomic mass is 16.5. The molecular weight excluding hydrogens is 238 g/mol. The Morgan fingerprint density at radius 3 is 3.21 bits per heavy atom. The first-order valence-electron chi connectivity index (χ1n) is 6.67. The van der Waals surface area contributed by atoms with Crippen LogP contribution in [0.4, 0.5) is 0 Å². The van der Waals surface area contributed by atoms with Crippen LogP contribution < -0.4 is 0 Å². The van der Waals surface area contributed by atoms with E-state index in [9.17, 15) is 0 Å². The zero-order valence-corrected chi connectivity index (χ0v) is 10.5. The Kier molecular flexibility index (Phi) is 2.40. The molecule has 1 aliphatic carbocycles. The van der Waals surface area contributed by atoms with Crippen LogP contribution in [0.2, 0.25) is 0 Å². The summed E-state index contributed by atoms with van der Waals surface area (Å²) in [5, 5.41) is 5.25. The van der Waals surface area contributed by atoms with Crippen molar-refractivity contribution in [2.75, 3.05) is 0 Å². The standard InChI is InChI=1S/C15H14N3O/c1-2-4-13-11(3-1)7-9-18(13)10-8-14-16-15(17-19-14)12-5-6-12/h2-4,7,9,12H,5-6,8,10H2. The van der Waals surface area contributed by atoms with Gasteiger partial charge >= 0.3 is 0 Å². The summed E-state index contributed by atoms with van der Waals surface area (Å²) in [5.74, 6) is 2.19. The lowest BCUT2D eigenvalue weighted by Gasteiger charge is -2.02. The fraction of sp³-hybridized carbons (Fsp3) is 0.333. The summed E-state index contributed by atoms with van der Waals surface area (Å²) < 4.78 is 7.51. The number of hydrogen-bond donors (Lipinski definition) is 0. The molecule has 0 saturated heterocycles. The number of aryl methyl sites for hydroxylation is 2. The molecule has 0 bridgehead atoms. The topological polar surface area (TPSA) is 43.9 Å². The van der Waals surface area contributed by atoms with E-state index in [2.05, 4.69) is 39.1 Å². The van der Waals surface area contributed by atoms with E-state index in [0.29, 0.717) is 5.92 Å². The molecule has 3 aromatic rings. The highest BCUT2D eigenvalue weighted by molar-refractivity contribution is 5.79. The molecule has 2 heterocycles. The summed E-state index contributed by atoms with van der Waals surface area (Å²) in [6, 6.07) is 11.2. The Labute approximate surface area is 111 Å². The average Bonchev–Trinajstić information content (AvgIpc) is 3.05. The van der Waals surface area contributed by atoms with Gasteiger partial charge in [-0.25, -0.2) is 0 Å². The largest absolute Gasteiger partial charge is 0.347 e. The number of benzene rings is 1. The van der Waals surface area contributed by atoms with Crippen molar-refractivity contribution in [3.8, 4) is 0 Å². The van der Waals surface area contributed by atoms with Gasteiger partial charge in [-0.2, -0.15) is 4.98 Å². The van der Waals surface area contributed by atoms with Crippen LogP contribution >= 0.6 is 0 Å². The van der Waals surface area contributed by atoms with Gasteiger partial charge in [0.05, 0.1) is 0 Å². The third kappa shape index (κ3) is 2.03. The van der Waals surface area contributed by atoms with Crippen LogP contribution in [0.3, 0.4) is 0 Å². The van der Waals surface area contributed by atoms with Gasteiger partial charge in [0.15, 0.2) is 5.82 Å². The zero-order valence-electron chi connectivity index (χ0n) is 10.5. The van der Waals surface area contributed by atoms with Crippen LogP contribution in [-0.4, -0.2) is 14.7 Å². The van der Waals surface area contributed by atoms with Crippen molar-refractivity contribution in [3.63, 3.8) is 0 Å². The molecule has 1 aromatic carbocycles. The maximum atomic E-state index is 5.30. The molecule has 1 aliphatic rings. The highest BCUT2D eigenvalue weighted by Crippen LogP contribution is 2.38. The van der Waals surface area contributed by atoms with Crippen molar-refractivity contribution in [2.24, 2.45) is 0 Å². The van der Waals surface area contributed by atoms with Crippen molar-refractivity contribution in [1.82, 2.24) is 14.7 Å². The lowest BCUT2D eigenvalue weighted by atomic mass is 10.2. The number of fused-ring (bicyclic) bond motifs is 1. The molecule has 19 heavy (non-hydrogen) atoms. The summed E-state index contributed by atoms with van der Waals surface area (Å²) in [6.07, 6.45) is 5.29. The van der Waals surface area contributed by atoms with Gasteiger partial charge in [0.2, 0.25) is 5.89 Å². The molecule has 0 N–H and O–H groups in total. The minimum Gasteiger partial charge on any atom is -0.347 e. The van der Waals surface area contributed by atoms with Gasteiger partial charge in [-0.1, -0.05) is 11.2 Å². The van der Waals surface area contributed by atoms with Crippen LogP contribution in [0, 0.1) is 6.07 Å². The summed E-state index contributed by atoms with van der Waals surface area (Å²) in [5.41, 5.74) is 1.22. The number of nitrogens with zero attached hydrogens (tertiary/aromatic N) is 3. The Morgan fingerprint density at radius 2 is 2.32 bits per heavy atom. The Bertz CT molecular complexity index is 709. The van der Waals surface area contributed by atoms with Gasteiger partial charge in [-0.15, -0.1) is 0 Å². The summed E-state index contributed by atoms with van der Waals surface area (Å²) in [4.78, 5) is 4.45. The van der Waals surface area contributed by atoms with E-state index in [-0.39, 0.29) is 0 Å². The fourth-order valence-electron chi connectivity index (χ4n) is 2.37. The van der Waals surface area contributed by atoms with Crippen LogP contribution in [0.5, 0.6) is 0 Å². The number of hydrogen-bond acceptors (Lipinski definition) is 3. The van der Waals surface area contributed by atoms with Gasteiger partial charge in [0.25, 0.3) is 0 Å². The molecular formula is C15H14N3O. The molecule has 0 aliphatic heterocycles. The molecule has 4 rings (SSSR count). The predicted octanol–water partition coefficient (Wildman–Crippen LogP) is 2.94. The number of rotatable bonds is 4. The molecule has 95 valence electrons. The van der Waals surface area contributed by atoms with Gasteiger partial charge in [-0.3, -0.25) is 0 Å². The first-order valence-corrected chi connectivity index (χ1v) is 6.67. The van der Waals surface area contributed by atoms with Gasteiger partial charge in [0.1, 0.15) is 0 Å². The smallest absolute Gasteiger partial charge is 0.228 e. The second-order valence-corrected chi connectivity index (χ2v) is 5.06. The lowest BCUT2D eigenvalue weighted by Crippen LogP contribution is -2.00. The highest BCUT2D eigenvalue weighted by Gasteiger charge is 2.28. The van der Waals surface area contributed by atoms with Gasteiger partial charge in [0, 0.05) is 36.0 Å². The monoisotopic (exact) mass is 252 g/mol. The molecule has 1 saturated carbocycles. The molecule has 0 amide bonds. The van der Waals surface area contributed by atoms with Gasteiger partial charge in [-0.05, 0) is 37.1 Å². The molecule has 0 spiro atoms. The van der Waals surface area contributed by atoms with E-state index in [4.69, 9.17) is 4.52 Å². The Morgan fingerprint density at radius 1 is 1.37 bits per heavy atom. The van der Waals surface area contributed by atoms with Crippen molar-refractivity contribution in [3.05, 3.63) is 48.2 Å².